The summed E-state index contributed by atoms with van der Waals surface area (Å²) in [4.78, 5) is 16.4. The molecule has 0 spiro atoms. The molecule has 0 fully saturated rings. The highest BCUT2D eigenvalue weighted by Gasteiger charge is 2.10. The van der Waals surface area contributed by atoms with Crippen molar-refractivity contribution in [3.63, 3.8) is 0 Å². The number of hydrogen-bond donors (Lipinski definition) is 2. The van der Waals surface area contributed by atoms with Crippen molar-refractivity contribution in [3.05, 3.63) is 51.1 Å². The van der Waals surface area contributed by atoms with Crippen molar-refractivity contribution in [1.82, 2.24) is 4.98 Å². The van der Waals surface area contributed by atoms with Gasteiger partial charge in [-0.2, -0.15) is 0 Å². The molecule has 1 aromatic carbocycles. The summed E-state index contributed by atoms with van der Waals surface area (Å²) in [5.74, 6) is 0.0986. The number of benzene rings is 1. The van der Waals surface area contributed by atoms with Crippen molar-refractivity contribution in [2.45, 2.75) is 13.3 Å². The average molecular weight is 355 g/mol. The first-order valence-electron chi connectivity index (χ1n) is 6.02. The second-order valence-electron chi connectivity index (χ2n) is 4.20. The third-order valence-electron chi connectivity index (χ3n) is 2.70. The van der Waals surface area contributed by atoms with E-state index in [1.54, 1.807) is 30.3 Å². The molecule has 6 heteroatoms. The normalized spacial score (nSPS) is 10.3. The molecule has 20 heavy (non-hydrogen) atoms. The second-order valence-corrected chi connectivity index (χ2v) is 5.49. The summed E-state index contributed by atoms with van der Waals surface area (Å²) in [5, 5.41) is 3.40. The maximum absolute atomic E-state index is 12.2. The lowest BCUT2D eigenvalue weighted by Crippen LogP contribution is -2.13. The van der Waals surface area contributed by atoms with Crippen LogP contribution in [0.25, 0.3) is 0 Å². The van der Waals surface area contributed by atoms with Gasteiger partial charge in [-0.05, 0) is 52.7 Å². The Kier molecular flexibility index (Phi) is 4.62. The summed E-state index contributed by atoms with van der Waals surface area (Å²) in [7, 11) is 0. The molecule has 0 saturated carbocycles. The topological polar surface area (TPSA) is 68.0 Å². The van der Waals surface area contributed by atoms with Gasteiger partial charge in [0.15, 0.2) is 0 Å². The summed E-state index contributed by atoms with van der Waals surface area (Å²) in [6, 6.07) is 8.44. The van der Waals surface area contributed by atoms with E-state index in [1.165, 1.54) is 0 Å². The molecular weight excluding hydrogens is 342 g/mol. The monoisotopic (exact) mass is 353 g/mol. The van der Waals surface area contributed by atoms with Gasteiger partial charge in [-0.1, -0.05) is 18.5 Å². The SMILES string of the molecule is CCc1cc(C(=O)Nc2ccc(Cl)cc2Br)cc(N)n1. The molecule has 2 rings (SSSR count). The highest BCUT2D eigenvalue weighted by atomic mass is 79.9. The molecule has 4 nitrogen and oxygen atoms in total. The largest absolute Gasteiger partial charge is 0.384 e. The fourth-order valence-corrected chi connectivity index (χ4v) is 2.49. The molecule has 1 heterocycles. The van der Waals surface area contributed by atoms with E-state index in [1.807, 2.05) is 6.92 Å². The van der Waals surface area contributed by atoms with Crippen molar-refractivity contribution in [3.8, 4) is 0 Å². The highest BCUT2D eigenvalue weighted by molar-refractivity contribution is 9.10. The summed E-state index contributed by atoms with van der Waals surface area (Å²) in [5.41, 5.74) is 7.61. The number of aryl methyl sites for hydroxylation is 1. The minimum atomic E-state index is -0.239. The third kappa shape index (κ3) is 3.49. The predicted molar refractivity (Wildman–Crippen MR) is 85.1 cm³/mol. The Morgan fingerprint density at radius 2 is 2.15 bits per heavy atom. The zero-order valence-electron chi connectivity index (χ0n) is 10.8. The quantitative estimate of drug-likeness (QED) is 0.878. The zero-order chi connectivity index (χ0) is 14.7. The Bertz CT molecular complexity index is 661. The highest BCUT2D eigenvalue weighted by Crippen LogP contribution is 2.26. The van der Waals surface area contributed by atoms with Gasteiger partial charge in [-0.15, -0.1) is 0 Å². The Morgan fingerprint density at radius 3 is 2.80 bits per heavy atom. The molecule has 104 valence electrons. The Hall–Kier alpha value is -1.59. The van der Waals surface area contributed by atoms with Crippen molar-refractivity contribution < 1.29 is 4.79 Å². The van der Waals surface area contributed by atoms with Crippen LogP contribution in [0.5, 0.6) is 0 Å². The number of nitrogen functional groups attached to an aromatic ring is 1. The molecule has 1 aromatic heterocycles. The summed E-state index contributed by atoms with van der Waals surface area (Å²) in [6.07, 6.45) is 0.718. The number of pyridine rings is 1. The molecule has 0 saturated heterocycles. The van der Waals surface area contributed by atoms with E-state index < -0.39 is 0 Å². The van der Waals surface area contributed by atoms with Crippen LogP contribution in [0.15, 0.2) is 34.8 Å². The molecule has 0 unspecified atom stereocenters. The van der Waals surface area contributed by atoms with Crippen molar-refractivity contribution in [2.75, 3.05) is 11.1 Å². The minimum absolute atomic E-state index is 0.239. The molecule has 0 aliphatic carbocycles. The van der Waals surface area contributed by atoms with Crippen LogP contribution in [0.4, 0.5) is 11.5 Å². The fraction of sp³-hybridized carbons (Fsp3) is 0.143. The Morgan fingerprint density at radius 1 is 1.40 bits per heavy atom. The number of carbonyl (C=O) groups excluding carboxylic acids is 1. The Balaban J connectivity index is 2.26. The van der Waals surface area contributed by atoms with Crippen molar-refractivity contribution in [2.24, 2.45) is 0 Å². The van der Waals surface area contributed by atoms with Crippen LogP contribution in [0.3, 0.4) is 0 Å². The lowest BCUT2D eigenvalue weighted by molar-refractivity contribution is 0.102. The van der Waals surface area contributed by atoms with Crippen LogP contribution in [0.2, 0.25) is 5.02 Å². The molecular formula is C14H13BrClN3O. The number of rotatable bonds is 3. The van der Waals surface area contributed by atoms with E-state index in [-0.39, 0.29) is 5.91 Å². The van der Waals surface area contributed by atoms with Gasteiger partial charge in [-0.25, -0.2) is 4.98 Å². The van der Waals surface area contributed by atoms with Gasteiger partial charge in [-0.3, -0.25) is 4.79 Å². The van der Waals surface area contributed by atoms with E-state index in [4.69, 9.17) is 17.3 Å². The third-order valence-corrected chi connectivity index (χ3v) is 3.59. The maximum Gasteiger partial charge on any atom is 0.255 e. The van der Waals surface area contributed by atoms with E-state index >= 15 is 0 Å². The number of nitrogens with zero attached hydrogens (tertiary/aromatic N) is 1. The van der Waals surface area contributed by atoms with Gasteiger partial charge in [0.05, 0.1) is 5.69 Å². The standard InChI is InChI=1S/C14H13BrClN3O/c1-2-10-5-8(6-13(17)18-10)14(20)19-12-4-3-9(16)7-11(12)15/h3-7H,2H2,1H3,(H2,17,18)(H,19,20). The number of amides is 1. The molecule has 2 aromatic rings. The van der Waals surface area contributed by atoms with Crippen LogP contribution in [-0.2, 0) is 6.42 Å². The number of halogens is 2. The first-order valence-corrected chi connectivity index (χ1v) is 7.19. The van der Waals surface area contributed by atoms with Crippen LogP contribution in [-0.4, -0.2) is 10.9 Å². The average Bonchev–Trinajstić information content (AvgIpc) is 2.41. The van der Waals surface area contributed by atoms with E-state index in [9.17, 15) is 4.79 Å². The van der Waals surface area contributed by atoms with Gasteiger partial charge in [0.2, 0.25) is 0 Å². The lowest BCUT2D eigenvalue weighted by atomic mass is 10.1. The molecule has 0 atom stereocenters. The first kappa shape index (κ1) is 14.8. The number of aromatic nitrogens is 1. The number of hydrogen-bond acceptors (Lipinski definition) is 3. The summed E-state index contributed by atoms with van der Waals surface area (Å²) in [6.45, 7) is 1.96. The summed E-state index contributed by atoms with van der Waals surface area (Å²) < 4.78 is 0.719. The van der Waals surface area contributed by atoms with Crippen LogP contribution in [0, 0.1) is 0 Å². The molecule has 3 N–H and O–H groups in total. The van der Waals surface area contributed by atoms with Crippen LogP contribution < -0.4 is 11.1 Å². The second kappa shape index (κ2) is 6.24. The predicted octanol–water partition coefficient (Wildman–Crippen LogP) is 3.89. The molecule has 1 amide bonds. The van der Waals surface area contributed by atoms with Crippen molar-refractivity contribution >= 4 is 44.9 Å². The van der Waals surface area contributed by atoms with Gasteiger partial charge in [0.1, 0.15) is 5.82 Å². The van der Waals surface area contributed by atoms with Crippen LogP contribution in [0.1, 0.15) is 23.0 Å². The molecule has 0 bridgehead atoms. The van der Waals surface area contributed by atoms with Crippen molar-refractivity contribution in [1.29, 1.82) is 0 Å². The molecule has 0 aliphatic rings. The fourth-order valence-electron chi connectivity index (χ4n) is 1.71. The number of nitrogens with one attached hydrogen (secondary N) is 1. The number of carbonyl (C=O) groups is 1. The van der Waals surface area contributed by atoms with Gasteiger partial charge in [0.25, 0.3) is 5.91 Å². The summed E-state index contributed by atoms with van der Waals surface area (Å²) >= 11 is 9.22. The van der Waals surface area contributed by atoms with Gasteiger partial charge in [0, 0.05) is 20.8 Å². The zero-order valence-corrected chi connectivity index (χ0v) is 13.1. The smallest absolute Gasteiger partial charge is 0.255 e. The van der Waals surface area contributed by atoms with E-state index in [2.05, 4.69) is 26.2 Å². The number of anilines is 2. The number of nitrogens with two attached hydrogens (primary N) is 1. The molecule has 0 aliphatic heterocycles. The minimum Gasteiger partial charge on any atom is -0.384 e. The Labute approximate surface area is 130 Å². The van der Waals surface area contributed by atoms with Crippen LogP contribution >= 0.6 is 27.5 Å². The lowest BCUT2D eigenvalue weighted by Gasteiger charge is -2.09. The van der Waals surface area contributed by atoms with E-state index in [0.29, 0.717) is 22.1 Å². The van der Waals surface area contributed by atoms with Gasteiger partial charge < -0.3 is 11.1 Å². The first-order chi connectivity index (χ1) is 9.49. The van der Waals surface area contributed by atoms with E-state index in [0.717, 1.165) is 16.6 Å². The molecule has 0 radical (unpaired) electrons. The van der Waals surface area contributed by atoms with Gasteiger partial charge >= 0.3 is 0 Å². The maximum atomic E-state index is 12.2.